The lowest BCUT2D eigenvalue weighted by Gasteiger charge is -2.09. The highest BCUT2D eigenvalue weighted by atomic mass is 35.5. The summed E-state index contributed by atoms with van der Waals surface area (Å²) < 4.78 is 38.2. The van der Waals surface area contributed by atoms with Gasteiger partial charge < -0.3 is 5.73 Å². The minimum absolute atomic E-state index is 0.0703. The summed E-state index contributed by atoms with van der Waals surface area (Å²) in [5.74, 6) is 0.696. The Balaban J connectivity index is 1.63. The fourth-order valence-corrected chi connectivity index (χ4v) is 3.33. The van der Waals surface area contributed by atoms with Crippen molar-refractivity contribution in [2.75, 3.05) is 0 Å². The van der Waals surface area contributed by atoms with Gasteiger partial charge >= 0.3 is 6.18 Å². The second-order valence-electron chi connectivity index (χ2n) is 6.13. The molecule has 0 atom stereocenters. The van der Waals surface area contributed by atoms with Crippen LogP contribution in [0.3, 0.4) is 0 Å². The summed E-state index contributed by atoms with van der Waals surface area (Å²) in [4.78, 5) is 3.85. The van der Waals surface area contributed by atoms with Gasteiger partial charge in [-0.3, -0.25) is 4.98 Å². The van der Waals surface area contributed by atoms with Crippen molar-refractivity contribution in [3.05, 3.63) is 88.6 Å². The Morgan fingerprint density at radius 1 is 1.10 bits per heavy atom. The van der Waals surface area contributed by atoms with Crippen LogP contribution < -0.4 is 5.73 Å². The molecule has 2 N–H and O–H groups in total. The third kappa shape index (κ3) is 6.08. The third-order valence-electron chi connectivity index (χ3n) is 3.95. The minimum atomic E-state index is -4.49. The number of nitrogens with two attached hydrogens (primary N) is 1. The number of alkyl halides is 3. The number of rotatable bonds is 5. The zero-order valence-corrected chi connectivity index (χ0v) is 17.0. The average molecular weight is 449 g/mol. The summed E-state index contributed by atoms with van der Waals surface area (Å²) in [5, 5.41) is 8.18. The van der Waals surface area contributed by atoms with E-state index in [9.17, 15) is 13.2 Å². The number of aromatic nitrogens is 1. The lowest BCUT2D eigenvalue weighted by Crippen LogP contribution is -2.06. The van der Waals surface area contributed by atoms with Crippen molar-refractivity contribution in [2.24, 2.45) is 15.9 Å². The number of benzene rings is 2. The molecule has 3 aromatic rings. The first-order valence-corrected chi connectivity index (χ1v) is 10.1. The quantitative estimate of drug-likeness (QED) is 0.295. The SMILES string of the molecule is NC(=NN=Cc1ccc(-c2ncc(C(F)(F)F)cc2Cl)cc1)SCc1ccccc1. The zero-order chi connectivity index (χ0) is 21.6. The van der Waals surface area contributed by atoms with Gasteiger partial charge in [0.2, 0.25) is 0 Å². The van der Waals surface area contributed by atoms with Gasteiger partial charge in [-0.2, -0.15) is 18.3 Å². The van der Waals surface area contributed by atoms with Crippen molar-refractivity contribution in [1.82, 2.24) is 4.98 Å². The van der Waals surface area contributed by atoms with Crippen LogP contribution in [0.1, 0.15) is 16.7 Å². The summed E-state index contributed by atoms with van der Waals surface area (Å²) in [6, 6.07) is 17.6. The van der Waals surface area contributed by atoms with E-state index < -0.39 is 11.7 Å². The molecule has 0 unspecified atom stereocenters. The van der Waals surface area contributed by atoms with Crippen molar-refractivity contribution in [2.45, 2.75) is 11.9 Å². The molecule has 154 valence electrons. The maximum Gasteiger partial charge on any atom is 0.417 e. The van der Waals surface area contributed by atoms with E-state index >= 15 is 0 Å². The van der Waals surface area contributed by atoms with Crippen LogP contribution in [0.25, 0.3) is 11.3 Å². The van der Waals surface area contributed by atoms with Crippen LogP contribution in [0.5, 0.6) is 0 Å². The molecule has 0 saturated carbocycles. The van der Waals surface area contributed by atoms with Gasteiger partial charge in [-0.05, 0) is 17.2 Å². The second kappa shape index (κ2) is 9.77. The predicted octanol–water partition coefficient (Wildman–Crippen LogP) is 6.00. The first-order chi connectivity index (χ1) is 14.3. The molecule has 0 saturated heterocycles. The zero-order valence-electron chi connectivity index (χ0n) is 15.5. The first kappa shape index (κ1) is 21.9. The normalized spacial score (nSPS) is 12.5. The molecule has 4 nitrogen and oxygen atoms in total. The topological polar surface area (TPSA) is 63.6 Å². The van der Waals surface area contributed by atoms with E-state index in [0.29, 0.717) is 16.5 Å². The largest absolute Gasteiger partial charge is 0.417 e. The maximum atomic E-state index is 12.7. The van der Waals surface area contributed by atoms with Crippen molar-refractivity contribution < 1.29 is 13.2 Å². The molecule has 3 rings (SSSR count). The van der Waals surface area contributed by atoms with Gasteiger partial charge in [0, 0.05) is 17.5 Å². The van der Waals surface area contributed by atoms with Gasteiger partial charge in [0.1, 0.15) is 0 Å². The van der Waals surface area contributed by atoms with Crippen LogP contribution in [0.2, 0.25) is 5.02 Å². The molecule has 0 aliphatic carbocycles. The number of thioether (sulfide) groups is 1. The van der Waals surface area contributed by atoms with E-state index in [1.807, 2.05) is 30.3 Å². The molecule has 0 fully saturated rings. The summed E-state index contributed by atoms with van der Waals surface area (Å²) in [6.45, 7) is 0. The molecular weight excluding hydrogens is 433 g/mol. The van der Waals surface area contributed by atoms with Gasteiger partial charge in [-0.25, -0.2) is 0 Å². The van der Waals surface area contributed by atoms with E-state index in [-0.39, 0.29) is 10.7 Å². The van der Waals surface area contributed by atoms with Crippen LogP contribution in [0, 0.1) is 0 Å². The number of halogens is 4. The average Bonchev–Trinajstić information content (AvgIpc) is 2.73. The summed E-state index contributed by atoms with van der Waals surface area (Å²) in [5.41, 5.74) is 7.69. The molecular formula is C21H16ClF3N4S. The van der Waals surface area contributed by atoms with Gasteiger partial charge in [-0.15, -0.1) is 5.10 Å². The van der Waals surface area contributed by atoms with Gasteiger partial charge in [0.15, 0.2) is 5.17 Å². The lowest BCUT2D eigenvalue weighted by atomic mass is 10.1. The van der Waals surface area contributed by atoms with E-state index in [4.69, 9.17) is 17.3 Å². The second-order valence-corrected chi connectivity index (χ2v) is 7.53. The number of amidine groups is 1. The Labute approximate surface area is 180 Å². The number of nitrogens with zero attached hydrogens (tertiary/aromatic N) is 3. The fourth-order valence-electron chi connectivity index (χ4n) is 2.45. The smallest absolute Gasteiger partial charge is 0.377 e. The van der Waals surface area contributed by atoms with E-state index in [0.717, 1.165) is 23.4 Å². The molecule has 30 heavy (non-hydrogen) atoms. The van der Waals surface area contributed by atoms with Gasteiger partial charge in [0.05, 0.1) is 22.5 Å². The van der Waals surface area contributed by atoms with Crippen molar-refractivity contribution in [3.8, 4) is 11.3 Å². The van der Waals surface area contributed by atoms with Crippen LogP contribution in [-0.2, 0) is 11.9 Å². The molecule has 0 amide bonds. The van der Waals surface area contributed by atoms with Crippen LogP contribution in [0.15, 0.2) is 77.1 Å². The van der Waals surface area contributed by atoms with E-state index in [1.165, 1.54) is 18.0 Å². The Hall–Kier alpha value is -2.84. The molecule has 0 aliphatic rings. The van der Waals surface area contributed by atoms with Crippen molar-refractivity contribution in [3.63, 3.8) is 0 Å². The van der Waals surface area contributed by atoms with Crippen molar-refractivity contribution >= 4 is 34.7 Å². The standard InChI is InChI=1S/C21H16ClF3N4S/c22-18-10-17(21(23,24)25)12-27-19(18)16-8-6-14(7-9-16)11-28-29-20(26)30-13-15-4-2-1-3-5-15/h1-12H,13H2,(H2,26,29). The summed E-state index contributed by atoms with van der Waals surface area (Å²) in [6.07, 6.45) is -2.19. The van der Waals surface area contributed by atoms with Crippen molar-refractivity contribution in [1.29, 1.82) is 0 Å². The Bertz CT molecular complexity index is 1050. The monoisotopic (exact) mass is 448 g/mol. The predicted molar refractivity (Wildman–Crippen MR) is 117 cm³/mol. The number of hydrogen-bond acceptors (Lipinski definition) is 4. The van der Waals surface area contributed by atoms with E-state index in [1.54, 1.807) is 24.3 Å². The highest BCUT2D eigenvalue weighted by molar-refractivity contribution is 8.13. The molecule has 0 bridgehead atoms. The number of pyridine rings is 1. The molecule has 9 heteroatoms. The Kier molecular flexibility index (Phi) is 7.12. The van der Waals surface area contributed by atoms with E-state index in [2.05, 4.69) is 15.2 Å². The maximum absolute atomic E-state index is 12.7. The minimum Gasteiger partial charge on any atom is -0.377 e. The molecule has 0 radical (unpaired) electrons. The third-order valence-corrected chi connectivity index (χ3v) is 5.09. The summed E-state index contributed by atoms with van der Waals surface area (Å²) >= 11 is 7.36. The lowest BCUT2D eigenvalue weighted by molar-refractivity contribution is -0.137. The summed E-state index contributed by atoms with van der Waals surface area (Å²) in [7, 11) is 0. The Morgan fingerprint density at radius 2 is 1.80 bits per heavy atom. The Morgan fingerprint density at radius 3 is 2.43 bits per heavy atom. The van der Waals surface area contributed by atoms with Crippen LogP contribution >= 0.6 is 23.4 Å². The molecule has 1 aromatic heterocycles. The first-order valence-electron chi connectivity index (χ1n) is 8.69. The van der Waals surface area contributed by atoms with Crippen LogP contribution in [-0.4, -0.2) is 16.4 Å². The van der Waals surface area contributed by atoms with Gasteiger partial charge in [-0.1, -0.05) is 78.0 Å². The van der Waals surface area contributed by atoms with Gasteiger partial charge in [0.25, 0.3) is 0 Å². The molecule has 2 aromatic carbocycles. The highest BCUT2D eigenvalue weighted by Crippen LogP contribution is 2.33. The number of hydrogen-bond donors (Lipinski definition) is 1. The van der Waals surface area contributed by atoms with Crippen LogP contribution in [0.4, 0.5) is 13.2 Å². The molecule has 0 spiro atoms. The highest BCUT2D eigenvalue weighted by Gasteiger charge is 2.31. The molecule has 0 aliphatic heterocycles. The molecule has 1 heterocycles. The fraction of sp³-hybridized carbons (Fsp3) is 0.0952.